The molecule has 2 aromatic carbocycles. The zero-order chi connectivity index (χ0) is 28.7. The minimum absolute atomic E-state index is 0.174. The van der Waals surface area contributed by atoms with Crippen molar-refractivity contribution < 1.29 is 28.7 Å². The van der Waals surface area contributed by atoms with E-state index in [1.54, 1.807) is 33.1 Å². The SMILES string of the molecule is COc1ccc(CC(NC(=O)C(C)NC(=O)C2=CCCC2)C(=O)NC(Cc2ccccc2)C(=O)C2(C)CO2)cc1. The summed E-state index contributed by atoms with van der Waals surface area (Å²) in [6, 6.07) is 13.9. The first-order valence-electron chi connectivity index (χ1n) is 13.6. The van der Waals surface area contributed by atoms with E-state index >= 15 is 0 Å². The smallest absolute Gasteiger partial charge is 0.247 e. The molecule has 212 valence electrons. The number of hydrogen-bond donors (Lipinski definition) is 3. The standard InChI is InChI=1S/C31H37N3O6/c1-20(32-29(37)23-11-7-8-12-23)28(36)34-26(18-22-13-15-24(39-3)16-14-22)30(38)33-25(27(35)31(2)19-40-31)17-21-9-5-4-6-10-21/h4-6,9-11,13-16,20,25-26H,7-8,12,17-19H2,1-3H3,(H,32,37)(H,33,38)(H,34,36). The predicted molar refractivity (Wildman–Crippen MR) is 150 cm³/mol. The summed E-state index contributed by atoms with van der Waals surface area (Å²) >= 11 is 0. The molecule has 40 heavy (non-hydrogen) atoms. The van der Waals surface area contributed by atoms with Crippen LogP contribution < -0.4 is 20.7 Å². The average Bonchev–Trinajstić information content (AvgIpc) is 3.47. The van der Waals surface area contributed by atoms with Crippen molar-refractivity contribution in [1.82, 2.24) is 16.0 Å². The lowest BCUT2D eigenvalue weighted by Crippen LogP contribution is -2.57. The van der Waals surface area contributed by atoms with Crippen molar-refractivity contribution in [1.29, 1.82) is 0 Å². The lowest BCUT2D eigenvalue weighted by atomic mass is 9.94. The number of ketones is 1. The van der Waals surface area contributed by atoms with Crippen LogP contribution in [0, 0.1) is 0 Å². The van der Waals surface area contributed by atoms with Crippen LogP contribution in [0.2, 0.25) is 0 Å². The highest BCUT2D eigenvalue weighted by Gasteiger charge is 2.50. The number of carbonyl (C=O) groups excluding carboxylic acids is 4. The molecule has 4 rings (SSSR count). The van der Waals surface area contributed by atoms with Crippen LogP contribution in [-0.2, 0) is 36.8 Å². The summed E-state index contributed by atoms with van der Waals surface area (Å²) in [6.07, 6.45) is 4.79. The second-order valence-corrected chi connectivity index (χ2v) is 10.6. The van der Waals surface area contributed by atoms with Gasteiger partial charge in [-0.1, -0.05) is 48.5 Å². The Morgan fingerprint density at radius 2 is 1.52 bits per heavy atom. The molecule has 9 nitrogen and oxygen atoms in total. The van der Waals surface area contributed by atoms with E-state index in [1.165, 1.54) is 0 Å². The number of carbonyl (C=O) groups is 4. The maximum atomic E-state index is 13.7. The Morgan fingerprint density at radius 1 is 0.900 bits per heavy atom. The number of allylic oxidation sites excluding steroid dienone is 1. The molecule has 0 radical (unpaired) electrons. The molecule has 4 atom stereocenters. The summed E-state index contributed by atoms with van der Waals surface area (Å²) in [6.45, 7) is 3.59. The van der Waals surface area contributed by atoms with Gasteiger partial charge >= 0.3 is 0 Å². The van der Waals surface area contributed by atoms with Gasteiger partial charge in [-0.05, 0) is 62.8 Å². The third-order valence-electron chi connectivity index (χ3n) is 7.32. The number of nitrogens with one attached hydrogen (secondary N) is 3. The van der Waals surface area contributed by atoms with Crippen molar-refractivity contribution >= 4 is 23.5 Å². The number of hydrogen-bond acceptors (Lipinski definition) is 6. The fraction of sp³-hybridized carbons (Fsp3) is 0.419. The van der Waals surface area contributed by atoms with Crippen molar-refractivity contribution in [2.24, 2.45) is 0 Å². The first-order chi connectivity index (χ1) is 19.2. The lowest BCUT2D eigenvalue weighted by Gasteiger charge is -2.25. The molecule has 1 aliphatic heterocycles. The first kappa shape index (κ1) is 29.0. The number of epoxide rings is 1. The van der Waals surface area contributed by atoms with Crippen LogP contribution in [-0.4, -0.2) is 60.9 Å². The van der Waals surface area contributed by atoms with Gasteiger partial charge < -0.3 is 25.4 Å². The maximum Gasteiger partial charge on any atom is 0.247 e. The van der Waals surface area contributed by atoms with Crippen LogP contribution >= 0.6 is 0 Å². The molecule has 2 aromatic rings. The van der Waals surface area contributed by atoms with Gasteiger partial charge in [0.15, 0.2) is 5.78 Å². The number of Topliss-reactive ketones (excluding diaryl/α,β-unsaturated/α-hetero) is 1. The van der Waals surface area contributed by atoms with Crippen LogP contribution in [0.4, 0.5) is 0 Å². The maximum absolute atomic E-state index is 13.7. The van der Waals surface area contributed by atoms with Crippen molar-refractivity contribution in [3.63, 3.8) is 0 Å². The highest BCUT2D eigenvalue weighted by Crippen LogP contribution is 2.29. The molecule has 3 amide bonds. The van der Waals surface area contributed by atoms with E-state index in [9.17, 15) is 19.2 Å². The molecule has 4 unspecified atom stereocenters. The summed E-state index contributed by atoms with van der Waals surface area (Å²) in [5, 5.41) is 8.40. The summed E-state index contributed by atoms with van der Waals surface area (Å²) in [4.78, 5) is 52.6. The van der Waals surface area contributed by atoms with Crippen molar-refractivity contribution in [2.75, 3.05) is 13.7 Å². The van der Waals surface area contributed by atoms with E-state index < -0.39 is 35.5 Å². The molecule has 3 N–H and O–H groups in total. The van der Waals surface area contributed by atoms with E-state index in [2.05, 4.69) is 16.0 Å². The average molecular weight is 548 g/mol. The Kier molecular flexibility index (Phi) is 9.37. The molecular weight excluding hydrogens is 510 g/mol. The Bertz CT molecular complexity index is 1250. The van der Waals surface area contributed by atoms with Gasteiger partial charge in [-0.15, -0.1) is 0 Å². The van der Waals surface area contributed by atoms with Gasteiger partial charge in [0.25, 0.3) is 0 Å². The van der Waals surface area contributed by atoms with Gasteiger partial charge in [0.1, 0.15) is 23.4 Å². The van der Waals surface area contributed by atoms with Crippen LogP contribution in [0.3, 0.4) is 0 Å². The predicted octanol–water partition coefficient (Wildman–Crippen LogP) is 2.42. The van der Waals surface area contributed by atoms with E-state index in [0.29, 0.717) is 24.4 Å². The normalized spacial score (nSPS) is 19.9. The molecule has 1 saturated heterocycles. The Balaban J connectivity index is 1.50. The third-order valence-corrected chi connectivity index (χ3v) is 7.32. The first-order valence-corrected chi connectivity index (χ1v) is 13.6. The number of benzene rings is 2. The minimum atomic E-state index is -0.995. The molecule has 2 aliphatic rings. The van der Waals surface area contributed by atoms with Gasteiger partial charge in [-0.25, -0.2) is 0 Å². The molecular formula is C31H37N3O6. The lowest BCUT2D eigenvalue weighted by molar-refractivity contribution is -0.133. The van der Waals surface area contributed by atoms with Crippen molar-refractivity contribution in [2.45, 2.75) is 69.7 Å². The third kappa shape index (κ3) is 7.57. The molecule has 0 saturated carbocycles. The second-order valence-electron chi connectivity index (χ2n) is 10.6. The van der Waals surface area contributed by atoms with Crippen LogP contribution in [0.5, 0.6) is 5.75 Å². The van der Waals surface area contributed by atoms with Gasteiger partial charge in [0.2, 0.25) is 17.7 Å². The second kappa shape index (κ2) is 12.9. The zero-order valence-corrected chi connectivity index (χ0v) is 23.2. The molecule has 9 heteroatoms. The fourth-order valence-electron chi connectivity index (χ4n) is 4.69. The van der Waals surface area contributed by atoms with Gasteiger partial charge in [0, 0.05) is 12.0 Å². The van der Waals surface area contributed by atoms with E-state index in [-0.39, 0.29) is 24.5 Å². The molecule has 1 heterocycles. The Labute approximate surface area is 234 Å². The number of rotatable bonds is 13. The summed E-state index contributed by atoms with van der Waals surface area (Å²) in [5.74, 6) is -0.825. The monoisotopic (exact) mass is 547 g/mol. The highest BCUT2D eigenvalue weighted by molar-refractivity contribution is 5.99. The minimum Gasteiger partial charge on any atom is -0.497 e. The van der Waals surface area contributed by atoms with Crippen LogP contribution in [0.15, 0.2) is 66.2 Å². The molecule has 1 aliphatic carbocycles. The van der Waals surface area contributed by atoms with Crippen LogP contribution in [0.25, 0.3) is 0 Å². The van der Waals surface area contributed by atoms with Gasteiger partial charge in [0.05, 0.1) is 19.8 Å². The van der Waals surface area contributed by atoms with E-state index in [0.717, 1.165) is 24.0 Å². The largest absolute Gasteiger partial charge is 0.497 e. The quantitative estimate of drug-likeness (QED) is 0.331. The van der Waals surface area contributed by atoms with E-state index in [1.807, 2.05) is 48.5 Å². The van der Waals surface area contributed by atoms with Crippen molar-refractivity contribution in [3.8, 4) is 5.75 Å². The summed E-state index contributed by atoms with van der Waals surface area (Å²) < 4.78 is 10.6. The summed E-state index contributed by atoms with van der Waals surface area (Å²) in [5.41, 5.74) is 1.41. The summed E-state index contributed by atoms with van der Waals surface area (Å²) in [7, 11) is 1.57. The van der Waals surface area contributed by atoms with E-state index in [4.69, 9.17) is 9.47 Å². The molecule has 1 fully saturated rings. The van der Waals surface area contributed by atoms with Crippen LogP contribution in [0.1, 0.15) is 44.2 Å². The zero-order valence-electron chi connectivity index (χ0n) is 23.2. The van der Waals surface area contributed by atoms with Gasteiger partial charge in [-0.3, -0.25) is 19.2 Å². The van der Waals surface area contributed by atoms with Gasteiger partial charge in [-0.2, -0.15) is 0 Å². The molecule has 0 spiro atoms. The topological polar surface area (TPSA) is 126 Å². The number of amides is 3. The molecule has 0 aromatic heterocycles. The number of methoxy groups -OCH3 is 1. The highest BCUT2D eigenvalue weighted by atomic mass is 16.6. The van der Waals surface area contributed by atoms with Crippen molar-refractivity contribution in [3.05, 3.63) is 77.4 Å². The fourth-order valence-corrected chi connectivity index (χ4v) is 4.69. The Morgan fingerprint density at radius 3 is 2.12 bits per heavy atom. The number of ether oxygens (including phenoxy) is 2. The Hall–Kier alpha value is -3.98. The molecule has 0 bridgehead atoms.